The van der Waals surface area contributed by atoms with Crippen LogP contribution < -0.4 is 4.74 Å². The highest BCUT2D eigenvalue weighted by Crippen LogP contribution is 2.30. The first-order chi connectivity index (χ1) is 8.33. The van der Waals surface area contributed by atoms with Crippen molar-refractivity contribution >= 4 is 21.6 Å². The quantitative estimate of drug-likeness (QED) is 0.752. The van der Waals surface area contributed by atoms with Crippen LogP contribution >= 0.6 is 11.3 Å². The first-order valence-electron chi connectivity index (χ1n) is 4.98. The Balaban J connectivity index is 1.99. The molecule has 0 spiro atoms. The number of phenolic OH excluding ortho intramolecular Hbond substituents is 1. The zero-order chi connectivity index (χ0) is 11.7. The van der Waals surface area contributed by atoms with Crippen molar-refractivity contribution in [3.05, 3.63) is 42.0 Å². The molecule has 0 saturated carbocycles. The molecule has 0 aliphatic carbocycles. The largest absolute Gasteiger partial charge is 0.508 e. The standard InChI is InChI=1S/C12H8N2O2S/c15-8-1-3-9(4-2-8)16-12-11-10(5-6-17-11)13-7-14-12/h1-7,15H. The molecule has 0 aliphatic heterocycles. The van der Waals surface area contributed by atoms with E-state index in [0.717, 1.165) is 10.2 Å². The van der Waals surface area contributed by atoms with Crippen molar-refractivity contribution in [1.29, 1.82) is 0 Å². The highest BCUT2D eigenvalue weighted by atomic mass is 32.1. The summed E-state index contributed by atoms with van der Waals surface area (Å²) in [6, 6.07) is 8.45. The molecule has 0 bridgehead atoms. The molecule has 3 rings (SSSR count). The molecule has 5 heteroatoms. The van der Waals surface area contributed by atoms with Gasteiger partial charge in [-0.1, -0.05) is 0 Å². The van der Waals surface area contributed by atoms with Crippen LogP contribution in [0.5, 0.6) is 17.4 Å². The number of thiophene rings is 1. The smallest absolute Gasteiger partial charge is 0.240 e. The number of aromatic hydroxyl groups is 1. The SMILES string of the molecule is Oc1ccc(Oc2ncnc3ccsc23)cc1. The van der Waals surface area contributed by atoms with Crippen LogP contribution in [-0.4, -0.2) is 15.1 Å². The Bertz CT molecular complexity index is 649. The minimum absolute atomic E-state index is 0.210. The highest BCUT2D eigenvalue weighted by Gasteiger charge is 2.06. The van der Waals surface area contributed by atoms with E-state index in [1.54, 1.807) is 24.3 Å². The maximum Gasteiger partial charge on any atom is 0.240 e. The molecule has 3 aromatic rings. The van der Waals surface area contributed by atoms with Gasteiger partial charge in [0.2, 0.25) is 5.88 Å². The Kier molecular flexibility index (Phi) is 2.38. The van der Waals surface area contributed by atoms with Gasteiger partial charge in [-0.2, -0.15) is 0 Å². The predicted octanol–water partition coefficient (Wildman–Crippen LogP) is 3.19. The summed E-state index contributed by atoms with van der Waals surface area (Å²) in [6.07, 6.45) is 1.48. The van der Waals surface area contributed by atoms with Crippen molar-refractivity contribution < 1.29 is 9.84 Å². The number of rotatable bonds is 2. The summed E-state index contributed by atoms with van der Waals surface area (Å²) in [5.41, 5.74) is 0.874. The number of ether oxygens (including phenoxy) is 1. The minimum Gasteiger partial charge on any atom is -0.508 e. The lowest BCUT2D eigenvalue weighted by Gasteiger charge is -2.04. The van der Waals surface area contributed by atoms with Gasteiger partial charge in [-0.05, 0) is 35.7 Å². The van der Waals surface area contributed by atoms with Gasteiger partial charge < -0.3 is 9.84 Å². The monoisotopic (exact) mass is 244 g/mol. The third kappa shape index (κ3) is 1.92. The Morgan fingerprint density at radius 2 is 1.88 bits per heavy atom. The van der Waals surface area contributed by atoms with Crippen molar-refractivity contribution in [2.75, 3.05) is 0 Å². The lowest BCUT2D eigenvalue weighted by Crippen LogP contribution is -1.88. The molecule has 0 amide bonds. The fraction of sp³-hybridized carbons (Fsp3) is 0. The van der Waals surface area contributed by atoms with Crippen molar-refractivity contribution in [3.63, 3.8) is 0 Å². The van der Waals surface area contributed by atoms with Crippen LogP contribution in [-0.2, 0) is 0 Å². The Labute approximate surface area is 101 Å². The van der Waals surface area contributed by atoms with E-state index in [0.29, 0.717) is 11.6 Å². The van der Waals surface area contributed by atoms with Crippen molar-refractivity contribution in [1.82, 2.24) is 9.97 Å². The van der Waals surface area contributed by atoms with Gasteiger partial charge in [0.15, 0.2) is 0 Å². The van der Waals surface area contributed by atoms with E-state index in [1.807, 2.05) is 11.4 Å². The number of fused-ring (bicyclic) bond motifs is 1. The molecule has 0 atom stereocenters. The average molecular weight is 244 g/mol. The fourth-order valence-electron chi connectivity index (χ4n) is 1.46. The first-order valence-corrected chi connectivity index (χ1v) is 5.86. The second kappa shape index (κ2) is 4.03. The molecule has 0 fully saturated rings. The zero-order valence-corrected chi connectivity index (χ0v) is 9.52. The number of hydrogen-bond donors (Lipinski definition) is 1. The summed E-state index contributed by atoms with van der Waals surface area (Å²) in [7, 11) is 0. The maximum atomic E-state index is 9.18. The lowest BCUT2D eigenvalue weighted by atomic mass is 10.3. The predicted molar refractivity (Wildman–Crippen MR) is 65.6 cm³/mol. The first kappa shape index (κ1) is 10.0. The average Bonchev–Trinajstić information content (AvgIpc) is 2.81. The van der Waals surface area contributed by atoms with Crippen LogP contribution in [0.25, 0.3) is 10.2 Å². The van der Waals surface area contributed by atoms with Crippen LogP contribution in [0.4, 0.5) is 0 Å². The van der Waals surface area contributed by atoms with E-state index in [9.17, 15) is 5.11 Å². The van der Waals surface area contributed by atoms with E-state index in [2.05, 4.69) is 9.97 Å². The number of aromatic nitrogens is 2. The van der Waals surface area contributed by atoms with Gasteiger partial charge >= 0.3 is 0 Å². The molecule has 0 aliphatic rings. The van der Waals surface area contributed by atoms with Gasteiger partial charge in [0, 0.05) is 0 Å². The van der Waals surface area contributed by atoms with Gasteiger partial charge in [-0.3, -0.25) is 0 Å². The third-order valence-corrected chi connectivity index (χ3v) is 3.15. The second-order valence-electron chi connectivity index (χ2n) is 3.41. The number of phenols is 1. The molecular formula is C12H8N2O2S. The normalized spacial score (nSPS) is 10.6. The van der Waals surface area contributed by atoms with Gasteiger partial charge in [-0.15, -0.1) is 11.3 Å². The summed E-state index contributed by atoms with van der Waals surface area (Å²) in [5.74, 6) is 1.38. The van der Waals surface area contributed by atoms with Crippen LogP contribution in [0.2, 0.25) is 0 Å². The van der Waals surface area contributed by atoms with Crippen LogP contribution in [0, 0.1) is 0 Å². The second-order valence-corrected chi connectivity index (χ2v) is 4.33. The molecule has 84 valence electrons. The lowest BCUT2D eigenvalue weighted by molar-refractivity contribution is 0.458. The molecule has 0 radical (unpaired) electrons. The van der Waals surface area contributed by atoms with E-state index in [4.69, 9.17) is 4.74 Å². The van der Waals surface area contributed by atoms with Crippen molar-refractivity contribution in [3.8, 4) is 17.4 Å². The van der Waals surface area contributed by atoms with E-state index in [1.165, 1.54) is 17.7 Å². The molecule has 17 heavy (non-hydrogen) atoms. The summed E-state index contributed by atoms with van der Waals surface area (Å²) >= 11 is 1.54. The van der Waals surface area contributed by atoms with Crippen LogP contribution in [0.15, 0.2) is 42.0 Å². The molecule has 0 saturated heterocycles. The molecule has 2 heterocycles. The summed E-state index contributed by atoms with van der Waals surface area (Å²) < 4.78 is 6.57. The van der Waals surface area contributed by atoms with Gasteiger partial charge in [0.05, 0.1) is 5.52 Å². The summed E-state index contributed by atoms with van der Waals surface area (Å²) in [4.78, 5) is 8.25. The molecule has 1 aromatic carbocycles. The van der Waals surface area contributed by atoms with Crippen molar-refractivity contribution in [2.24, 2.45) is 0 Å². The van der Waals surface area contributed by atoms with Gasteiger partial charge in [-0.25, -0.2) is 9.97 Å². The number of hydrogen-bond acceptors (Lipinski definition) is 5. The number of nitrogens with zero attached hydrogens (tertiary/aromatic N) is 2. The van der Waals surface area contributed by atoms with E-state index in [-0.39, 0.29) is 5.75 Å². The summed E-state index contributed by atoms with van der Waals surface area (Å²) in [5, 5.41) is 11.1. The molecular weight excluding hydrogens is 236 g/mol. The minimum atomic E-state index is 0.210. The molecule has 1 N–H and O–H groups in total. The van der Waals surface area contributed by atoms with Crippen LogP contribution in [0.3, 0.4) is 0 Å². The Morgan fingerprint density at radius 1 is 1.06 bits per heavy atom. The third-order valence-electron chi connectivity index (χ3n) is 2.26. The highest BCUT2D eigenvalue weighted by molar-refractivity contribution is 7.17. The maximum absolute atomic E-state index is 9.18. The topological polar surface area (TPSA) is 55.2 Å². The van der Waals surface area contributed by atoms with E-state index < -0.39 is 0 Å². The van der Waals surface area contributed by atoms with Crippen molar-refractivity contribution in [2.45, 2.75) is 0 Å². The zero-order valence-electron chi connectivity index (χ0n) is 8.70. The molecule has 2 aromatic heterocycles. The van der Waals surface area contributed by atoms with Crippen LogP contribution in [0.1, 0.15) is 0 Å². The Morgan fingerprint density at radius 3 is 2.71 bits per heavy atom. The number of benzene rings is 1. The van der Waals surface area contributed by atoms with Gasteiger partial charge in [0.1, 0.15) is 22.5 Å². The van der Waals surface area contributed by atoms with Gasteiger partial charge in [0.25, 0.3) is 0 Å². The molecule has 4 nitrogen and oxygen atoms in total. The van der Waals surface area contributed by atoms with E-state index >= 15 is 0 Å². The Hall–Kier alpha value is -2.14. The molecule has 0 unspecified atom stereocenters. The fourth-order valence-corrected chi connectivity index (χ4v) is 2.23. The summed E-state index contributed by atoms with van der Waals surface area (Å²) in [6.45, 7) is 0.